The van der Waals surface area contributed by atoms with Crippen molar-refractivity contribution in [2.75, 3.05) is 0 Å². The van der Waals surface area contributed by atoms with Gasteiger partial charge in [-0.3, -0.25) is 0 Å². The quantitative estimate of drug-likeness (QED) is 0.107. The van der Waals surface area contributed by atoms with E-state index in [1.54, 1.807) is 0 Å². The van der Waals surface area contributed by atoms with E-state index in [0.29, 0.717) is 0 Å². The van der Waals surface area contributed by atoms with Crippen LogP contribution in [0, 0.1) is 0 Å². The van der Waals surface area contributed by atoms with Crippen molar-refractivity contribution in [3.8, 4) is 134 Å². The molecule has 636 valence electrons. The van der Waals surface area contributed by atoms with Crippen molar-refractivity contribution in [3.05, 3.63) is 558 Å². The Kier molecular flexibility index (Phi) is 22.7. The molecule has 26 rings (SSSR count). The van der Waals surface area contributed by atoms with E-state index in [9.17, 15) is 0 Å². The van der Waals surface area contributed by atoms with Gasteiger partial charge in [-0.1, -0.05) is 534 Å². The summed E-state index contributed by atoms with van der Waals surface area (Å²) in [4.78, 5) is 0. The van der Waals surface area contributed by atoms with Gasteiger partial charge in [0.1, 0.15) is 0 Å². The number of hydrogen-bond acceptors (Lipinski definition) is 0. The van der Waals surface area contributed by atoms with Crippen molar-refractivity contribution in [2.45, 2.75) is 0 Å². The van der Waals surface area contributed by atoms with Crippen molar-refractivity contribution in [1.82, 2.24) is 0 Å². The maximum Gasteiger partial charge on any atom is -0.00262 e. The summed E-state index contributed by atoms with van der Waals surface area (Å²) in [6.45, 7) is 0. The Hall–Kier alpha value is -17.7. The summed E-state index contributed by atoms with van der Waals surface area (Å²) in [6.07, 6.45) is 0. The minimum absolute atomic E-state index is 1.23. The molecule has 0 aromatic heterocycles. The van der Waals surface area contributed by atoms with Gasteiger partial charge in [0.05, 0.1) is 0 Å². The number of fused-ring (bicyclic) bond motifs is 10. The largest absolute Gasteiger partial charge is 0.0622 e. The van der Waals surface area contributed by atoms with Crippen LogP contribution in [0.5, 0.6) is 0 Å². The maximum atomic E-state index is 2.36. The molecule has 0 heteroatoms. The third-order valence-corrected chi connectivity index (χ3v) is 27.0. The van der Waals surface area contributed by atoms with Gasteiger partial charge in [-0.05, 0) is 266 Å². The molecule has 0 saturated carbocycles. The first-order valence-electron chi connectivity index (χ1n) is 47.0. The second kappa shape index (κ2) is 37.3. The van der Waals surface area contributed by atoms with E-state index < -0.39 is 0 Å². The zero-order valence-corrected chi connectivity index (χ0v) is 75.1. The van der Waals surface area contributed by atoms with E-state index >= 15 is 0 Å². The number of benzene rings is 26. The van der Waals surface area contributed by atoms with Crippen LogP contribution in [0.3, 0.4) is 0 Å². The summed E-state index contributed by atoms with van der Waals surface area (Å²) in [6, 6.07) is 201. The maximum absolute atomic E-state index is 2.36. The molecule has 0 heterocycles. The van der Waals surface area contributed by atoms with E-state index in [1.165, 1.54) is 241 Å². The lowest BCUT2D eigenvalue weighted by atomic mass is 9.85. The Balaban J connectivity index is 0.000000102. The molecule has 0 fully saturated rings. The smallest absolute Gasteiger partial charge is 0.00262 e. The molecular weight excluding hydrogens is 1630 g/mol. The Labute approximate surface area is 793 Å². The highest BCUT2D eigenvalue weighted by atomic mass is 14.3. The van der Waals surface area contributed by atoms with Gasteiger partial charge in [0.2, 0.25) is 0 Å². The van der Waals surface area contributed by atoms with Crippen LogP contribution < -0.4 is 0 Å². The fraction of sp³-hybridized carbons (Fsp3) is 0. The first-order valence-corrected chi connectivity index (χ1v) is 47.0. The molecule has 0 amide bonds. The van der Waals surface area contributed by atoms with E-state index in [0.717, 1.165) is 0 Å². The fourth-order valence-corrected chi connectivity index (χ4v) is 20.9. The molecule has 0 nitrogen and oxygen atoms in total. The van der Waals surface area contributed by atoms with Crippen LogP contribution in [0.15, 0.2) is 558 Å². The molecule has 0 aliphatic carbocycles. The van der Waals surface area contributed by atoms with E-state index in [4.69, 9.17) is 0 Å². The molecule has 26 aromatic rings. The van der Waals surface area contributed by atoms with Crippen molar-refractivity contribution < 1.29 is 0 Å². The average molecular weight is 1730 g/mol. The molecule has 0 N–H and O–H groups in total. The molecule has 0 aliphatic rings. The molecule has 0 aliphatic heterocycles. The van der Waals surface area contributed by atoms with Gasteiger partial charge in [-0.15, -0.1) is 0 Å². The number of hydrogen-bond donors (Lipinski definition) is 0. The van der Waals surface area contributed by atoms with Crippen molar-refractivity contribution >= 4 is 108 Å². The SMILES string of the molecule is c1ccc(-c2c3ccccc3c(-c3cccc(-c4ccc5ccccc5c4)c3)c3ccccc23)cc1.c1ccc(-c2c3ccccc3c(-c3cccc(-c4cccc5ccccc45)c3)c3ccccc23)cc1.c1ccc(-c2ccc(-c3c4ccccc4c(-c4ccccc4)c4ccccc34)cc2)cc1.c1ccc(-c2cccc(-c3c4ccccc4c(-c4ccccc4)c4ccccc34)c2)cc1. The van der Waals surface area contributed by atoms with Crippen LogP contribution >= 0.6 is 0 Å². The Morgan fingerprint density at radius 1 is 0.0735 bits per heavy atom. The average Bonchev–Trinajstić information content (AvgIpc) is 0.745. The van der Waals surface area contributed by atoms with Gasteiger partial charge in [0.25, 0.3) is 0 Å². The van der Waals surface area contributed by atoms with Gasteiger partial charge in [0.15, 0.2) is 0 Å². The van der Waals surface area contributed by atoms with Crippen LogP contribution in [-0.2, 0) is 0 Å². The van der Waals surface area contributed by atoms with Crippen molar-refractivity contribution in [3.63, 3.8) is 0 Å². The predicted molar refractivity (Wildman–Crippen MR) is 586 cm³/mol. The molecule has 136 heavy (non-hydrogen) atoms. The highest BCUT2D eigenvalue weighted by Gasteiger charge is 2.23. The zero-order valence-electron chi connectivity index (χ0n) is 75.1. The van der Waals surface area contributed by atoms with Crippen LogP contribution in [0.4, 0.5) is 0 Å². The Bertz CT molecular complexity index is 8660. The number of rotatable bonds is 12. The van der Waals surface area contributed by atoms with Crippen LogP contribution in [0.1, 0.15) is 0 Å². The third-order valence-electron chi connectivity index (χ3n) is 27.0. The first-order chi connectivity index (χ1) is 67.5. The standard InChI is InChI=1S/2C36H24.2C32H22/c1-2-13-26(14-3-1)35-31-19-6-8-21-33(31)36(34-22-9-7-20-32(34)35)28-17-10-16-27(24-28)30-23-11-15-25-12-4-5-18-29(25)30;1-2-12-26(13-3-1)35-31-17-6-8-19-33(31)36(34-20-9-7-18-32(34)35)30-16-10-15-28(24-30)29-22-21-25-11-4-5-14-27(25)23-29;1-3-12-23(13-4-1)25-16-11-17-26(22-25)32-29-20-9-7-18-27(29)31(24-14-5-2-6-15-24)28-19-8-10-21-30(28)32;1-3-11-23(12-4-1)24-19-21-26(22-20-24)32-29-17-9-7-15-27(29)31(25-13-5-2-6-14-25)28-16-8-10-18-30(28)32/h2*1-24H;2*1-22H. The molecule has 0 saturated heterocycles. The topological polar surface area (TPSA) is 0 Å². The van der Waals surface area contributed by atoms with Crippen LogP contribution in [0.2, 0.25) is 0 Å². The summed E-state index contributed by atoms with van der Waals surface area (Å²) < 4.78 is 0. The zero-order chi connectivity index (χ0) is 90.5. The second-order valence-corrected chi connectivity index (χ2v) is 35.0. The first kappa shape index (κ1) is 82.7. The lowest BCUT2D eigenvalue weighted by Gasteiger charge is -2.18. The monoisotopic (exact) mass is 1720 g/mol. The minimum atomic E-state index is 1.23. The molecule has 0 radical (unpaired) electrons. The normalized spacial score (nSPS) is 11.2. The predicted octanol–water partition coefficient (Wildman–Crippen LogP) is 38.3. The molecule has 0 atom stereocenters. The molecular formula is C136H92. The molecule has 0 unspecified atom stereocenters. The fourth-order valence-electron chi connectivity index (χ4n) is 20.9. The molecule has 0 bridgehead atoms. The Morgan fingerprint density at radius 3 is 0.559 bits per heavy atom. The summed E-state index contributed by atoms with van der Waals surface area (Å²) >= 11 is 0. The highest BCUT2D eigenvalue weighted by molar-refractivity contribution is 6.26. The highest BCUT2D eigenvalue weighted by Crippen LogP contribution is 2.51. The summed E-state index contributed by atoms with van der Waals surface area (Å²) in [5, 5.41) is 25.7. The third kappa shape index (κ3) is 16.0. The van der Waals surface area contributed by atoms with Crippen LogP contribution in [0.25, 0.3) is 241 Å². The van der Waals surface area contributed by atoms with Gasteiger partial charge in [-0.2, -0.15) is 0 Å². The summed E-state index contributed by atoms with van der Waals surface area (Å²) in [7, 11) is 0. The van der Waals surface area contributed by atoms with Gasteiger partial charge >= 0.3 is 0 Å². The Morgan fingerprint density at radius 2 is 0.243 bits per heavy atom. The van der Waals surface area contributed by atoms with E-state index in [2.05, 4.69) is 558 Å². The van der Waals surface area contributed by atoms with Gasteiger partial charge < -0.3 is 0 Å². The molecule has 26 aromatic carbocycles. The lowest BCUT2D eigenvalue weighted by Crippen LogP contribution is -1.91. The summed E-state index contributed by atoms with van der Waals surface area (Å²) in [5.41, 5.74) is 30.3. The molecule has 0 spiro atoms. The second-order valence-electron chi connectivity index (χ2n) is 35.0. The van der Waals surface area contributed by atoms with Crippen molar-refractivity contribution in [2.24, 2.45) is 0 Å². The summed E-state index contributed by atoms with van der Waals surface area (Å²) in [5.74, 6) is 0. The van der Waals surface area contributed by atoms with E-state index in [-0.39, 0.29) is 0 Å². The van der Waals surface area contributed by atoms with Crippen LogP contribution in [-0.4, -0.2) is 0 Å². The van der Waals surface area contributed by atoms with Gasteiger partial charge in [0, 0.05) is 0 Å². The minimum Gasteiger partial charge on any atom is -0.0622 e. The lowest BCUT2D eigenvalue weighted by molar-refractivity contribution is 1.61. The van der Waals surface area contributed by atoms with Gasteiger partial charge in [-0.25, -0.2) is 0 Å². The van der Waals surface area contributed by atoms with E-state index in [1.807, 2.05) is 0 Å². The van der Waals surface area contributed by atoms with Crippen molar-refractivity contribution in [1.29, 1.82) is 0 Å².